The minimum Gasteiger partial charge on any atom is -0.390 e. The highest BCUT2D eigenvalue weighted by molar-refractivity contribution is 5.83. The summed E-state index contributed by atoms with van der Waals surface area (Å²) in [6.45, 7) is 6.29. The van der Waals surface area contributed by atoms with Gasteiger partial charge in [0, 0.05) is 39.0 Å². The number of amides is 2. The molecule has 0 aromatic heterocycles. The normalized spacial score (nSPS) is 12.0. The zero-order chi connectivity index (χ0) is 21.7. The number of aliphatic hydroxyl groups excluding tert-OH is 1. The van der Waals surface area contributed by atoms with E-state index in [9.17, 15) is 14.7 Å². The Morgan fingerprint density at radius 2 is 1.31 bits per heavy atom. The second kappa shape index (κ2) is 20.1. The molecule has 0 aromatic carbocycles. The molecule has 0 spiro atoms. The number of carbonyl (C=O) groups is 2. The molecule has 0 aliphatic rings. The fraction of sp³-hybridized carbons (Fsp3) is 0.913. The van der Waals surface area contributed by atoms with Crippen molar-refractivity contribution in [3.05, 3.63) is 0 Å². The molecule has 0 aliphatic heterocycles. The topological polar surface area (TPSA) is 95.7 Å². The van der Waals surface area contributed by atoms with E-state index in [1.807, 2.05) is 4.90 Å². The quantitative estimate of drug-likeness (QED) is 0.265. The van der Waals surface area contributed by atoms with E-state index in [0.717, 1.165) is 38.8 Å². The summed E-state index contributed by atoms with van der Waals surface area (Å²) in [6, 6.07) is 0. The van der Waals surface area contributed by atoms with Crippen molar-refractivity contribution in [3.63, 3.8) is 0 Å². The van der Waals surface area contributed by atoms with Crippen molar-refractivity contribution in [1.29, 1.82) is 0 Å². The number of nitrogens with one attached hydrogen (secondary N) is 1. The van der Waals surface area contributed by atoms with Crippen molar-refractivity contribution >= 4 is 11.8 Å². The molecule has 1 atom stereocenters. The van der Waals surface area contributed by atoms with E-state index in [1.165, 1.54) is 51.4 Å². The third-order valence-corrected chi connectivity index (χ3v) is 5.29. The predicted octanol–water partition coefficient (Wildman–Crippen LogP) is 3.75. The number of aliphatic hydroxyl groups is 1. The molecule has 0 rings (SSSR count). The third kappa shape index (κ3) is 17.4. The molecular weight excluding hydrogens is 366 g/mol. The van der Waals surface area contributed by atoms with Gasteiger partial charge in [0.25, 0.3) is 0 Å². The van der Waals surface area contributed by atoms with Crippen LogP contribution in [0.4, 0.5) is 0 Å². The number of nitrogens with zero attached hydrogens (tertiary/aromatic N) is 1. The lowest BCUT2D eigenvalue weighted by molar-refractivity contribution is -0.133. The zero-order valence-electron chi connectivity index (χ0n) is 19.1. The highest BCUT2D eigenvalue weighted by atomic mass is 16.3. The Morgan fingerprint density at radius 3 is 1.79 bits per heavy atom. The van der Waals surface area contributed by atoms with E-state index in [1.54, 1.807) is 0 Å². The minimum absolute atomic E-state index is 0.0710. The summed E-state index contributed by atoms with van der Waals surface area (Å²) in [5.74, 6) is -0.133. The molecule has 0 saturated carbocycles. The first kappa shape index (κ1) is 27.9. The van der Waals surface area contributed by atoms with Crippen LogP contribution in [-0.4, -0.2) is 54.1 Å². The highest BCUT2D eigenvalue weighted by Gasteiger charge is 2.15. The maximum Gasteiger partial charge on any atom is 0.223 e. The molecule has 2 amide bonds. The van der Waals surface area contributed by atoms with Crippen LogP contribution >= 0.6 is 0 Å². The van der Waals surface area contributed by atoms with E-state index in [4.69, 9.17) is 5.73 Å². The summed E-state index contributed by atoms with van der Waals surface area (Å²) in [4.78, 5) is 26.5. The first-order valence-electron chi connectivity index (χ1n) is 12.0. The average molecular weight is 414 g/mol. The molecule has 1 unspecified atom stereocenters. The van der Waals surface area contributed by atoms with Gasteiger partial charge in [-0.05, 0) is 12.8 Å². The molecule has 0 saturated heterocycles. The molecule has 6 nitrogen and oxygen atoms in total. The number of nitrogens with two attached hydrogens (primary N) is 1. The van der Waals surface area contributed by atoms with Gasteiger partial charge in [0.1, 0.15) is 0 Å². The summed E-state index contributed by atoms with van der Waals surface area (Å²) in [5.41, 5.74) is 5.33. The van der Waals surface area contributed by atoms with Crippen LogP contribution in [0.1, 0.15) is 104 Å². The molecule has 0 heterocycles. The second-order valence-corrected chi connectivity index (χ2v) is 8.11. The van der Waals surface area contributed by atoms with Gasteiger partial charge >= 0.3 is 0 Å². The molecule has 29 heavy (non-hydrogen) atoms. The summed E-state index contributed by atoms with van der Waals surface area (Å²) in [6.07, 6.45) is 14.2. The lowest BCUT2D eigenvalue weighted by Gasteiger charge is -2.23. The van der Waals surface area contributed by atoms with Crippen LogP contribution in [0, 0.1) is 0 Å². The Kier molecular flexibility index (Phi) is 19.4. The van der Waals surface area contributed by atoms with Gasteiger partial charge in [0.05, 0.1) is 6.10 Å². The maximum atomic E-state index is 12.7. The summed E-state index contributed by atoms with van der Waals surface area (Å²) in [5, 5.41) is 12.0. The van der Waals surface area contributed by atoms with Crippen molar-refractivity contribution in [2.24, 2.45) is 5.73 Å². The van der Waals surface area contributed by atoms with Crippen LogP contribution in [0.2, 0.25) is 0 Å². The SMILES string of the molecule is CCCCCCCCN(CCCCCCCC)C(=O)CCC(=O)NCC(O)CN. The van der Waals surface area contributed by atoms with Crippen molar-refractivity contribution in [1.82, 2.24) is 10.2 Å². The lowest BCUT2D eigenvalue weighted by Crippen LogP contribution is -2.37. The van der Waals surface area contributed by atoms with Crippen molar-refractivity contribution in [2.75, 3.05) is 26.2 Å². The van der Waals surface area contributed by atoms with Crippen LogP contribution in [0.25, 0.3) is 0 Å². The largest absolute Gasteiger partial charge is 0.390 e. The molecule has 0 radical (unpaired) electrons. The molecule has 6 heteroatoms. The van der Waals surface area contributed by atoms with Gasteiger partial charge in [-0.1, -0.05) is 78.1 Å². The van der Waals surface area contributed by atoms with Gasteiger partial charge in [0.15, 0.2) is 0 Å². The van der Waals surface area contributed by atoms with Crippen LogP contribution < -0.4 is 11.1 Å². The van der Waals surface area contributed by atoms with Crippen molar-refractivity contribution in [3.8, 4) is 0 Å². The van der Waals surface area contributed by atoms with Crippen LogP contribution in [0.5, 0.6) is 0 Å². The predicted molar refractivity (Wildman–Crippen MR) is 121 cm³/mol. The van der Waals surface area contributed by atoms with Gasteiger partial charge in [-0.25, -0.2) is 0 Å². The minimum atomic E-state index is -0.730. The first-order chi connectivity index (χ1) is 14.0. The standard InChI is InChI=1S/C23H47N3O3/c1-3-5-7-9-11-13-17-26(18-14-12-10-8-6-4-2)23(29)16-15-22(28)25-20-21(27)19-24/h21,27H,3-20,24H2,1-2H3,(H,25,28). The fourth-order valence-electron chi connectivity index (χ4n) is 3.31. The third-order valence-electron chi connectivity index (χ3n) is 5.29. The van der Waals surface area contributed by atoms with Gasteiger partial charge < -0.3 is 21.1 Å². The first-order valence-corrected chi connectivity index (χ1v) is 12.0. The molecule has 0 fully saturated rings. The number of rotatable bonds is 20. The van der Waals surface area contributed by atoms with E-state index < -0.39 is 6.10 Å². The smallest absolute Gasteiger partial charge is 0.223 e. The van der Waals surface area contributed by atoms with Gasteiger partial charge in [-0.3, -0.25) is 9.59 Å². The van der Waals surface area contributed by atoms with Crippen LogP contribution in [0.15, 0.2) is 0 Å². The van der Waals surface area contributed by atoms with Crippen molar-refractivity contribution in [2.45, 2.75) is 110 Å². The Labute approximate surface area is 179 Å². The molecule has 4 N–H and O–H groups in total. The highest BCUT2D eigenvalue weighted by Crippen LogP contribution is 2.10. The fourth-order valence-corrected chi connectivity index (χ4v) is 3.31. The maximum absolute atomic E-state index is 12.7. The molecule has 0 aromatic rings. The zero-order valence-corrected chi connectivity index (χ0v) is 19.1. The van der Waals surface area contributed by atoms with Gasteiger partial charge in [-0.15, -0.1) is 0 Å². The van der Waals surface area contributed by atoms with Crippen LogP contribution in [-0.2, 0) is 9.59 Å². The Morgan fingerprint density at radius 1 is 0.828 bits per heavy atom. The summed E-state index contributed by atoms with van der Waals surface area (Å²) < 4.78 is 0. The van der Waals surface area contributed by atoms with Crippen LogP contribution in [0.3, 0.4) is 0 Å². The number of carbonyl (C=O) groups excluding carboxylic acids is 2. The Balaban J connectivity index is 4.25. The molecule has 0 bridgehead atoms. The number of hydrogen-bond acceptors (Lipinski definition) is 4. The van der Waals surface area contributed by atoms with E-state index in [-0.39, 0.29) is 37.7 Å². The summed E-state index contributed by atoms with van der Waals surface area (Å²) in [7, 11) is 0. The van der Waals surface area contributed by atoms with Gasteiger partial charge in [-0.2, -0.15) is 0 Å². The number of hydrogen-bond donors (Lipinski definition) is 3. The Bertz CT molecular complexity index is 389. The van der Waals surface area contributed by atoms with E-state index in [0.29, 0.717) is 0 Å². The Hall–Kier alpha value is -1.14. The molecular formula is C23H47N3O3. The second-order valence-electron chi connectivity index (χ2n) is 8.11. The summed E-state index contributed by atoms with van der Waals surface area (Å²) >= 11 is 0. The van der Waals surface area contributed by atoms with Crippen molar-refractivity contribution < 1.29 is 14.7 Å². The van der Waals surface area contributed by atoms with E-state index in [2.05, 4.69) is 19.2 Å². The molecule has 0 aliphatic carbocycles. The van der Waals surface area contributed by atoms with Gasteiger partial charge in [0.2, 0.25) is 11.8 Å². The monoisotopic (exact) mass is 413 g/mol. The molecule has 172 valence electrons. The van der Waals surface area contributed by atoms with E-state index >= 15 is 0 Å². The number of unbranched alkanes of at least 4 members (excludes halogenated alkanes) is 10. The lowest BCUT2D eigenvalue weighted by atomic mass is 10.1. The average Bonchev–Trinajstić information content (AvgIpc) is 2.73.